The summed E-state index contributed by atoms with van der Waals surface area (Å²) in [5.74, 6) is 0. The molecule has 0 aliphatic carbocycles. The maximum Gasteiger partial charge on any atom is 0.116 e. The van der Waals surface area contributed by atoms with Crippen LogP contribution in [0, 0.1) is 0 Å². The summed E-state index contributed by atoms with van der Waals surface area (Å²) in [6.07, 6.45) is 3.31. The van der Waals surface area contributed by atoms with Gasteiger partial charge in [-0.1, -0.05) is 28.1 Å². The first-order valence-electron chi connectivity index (χ1n) is 3.55. The minimum Gasteiger partial charge on any atom is -0.243 e. The second-order valence-electron chi connectivity index (χ2n) is 2.41. The van der Waals surface area contributed by atoms with Crippen molar-refractivity contribution in [3.05, 3.63) is 40.5 Å². The molecule has 0 unspecified atom stereocenters. The third-order valence-corrected chi connectivity index (χ3v) is 2.13. The molecule has 1 aliphatic rings. The van der Waals surface area contributed by atoms with Gasteiger partial charge < -0.3 is 0 Å². The molecule has 0 spiro atoms. The molecular formula is C9H6BrN2. The van der Waals surface area contributed by atoms with Crippen molar-refractivity contribution < 1.29 is 0 Å². The van der Waals surface area contributed by atoms with Crippen LogP contribution in [0.1, 0.15) is 5.56 Å². The van der Waals surface area contributed by atoms with Crippen LogP contribution >= 0.6 is 15.9 Å². The van der Waals surface area contributed by atoms with Gasteiger partial charge in [-0.2, -0.15) is 0 Å². The molecule has 2 nitrogen and oxygen atoms in total. The Bertz CT molecular complexity index is 338. The Hall–Kier alpha value is -1.09. The predicted molar refractivity (Wildman–Crippen MR) is 52.7 cm³/mol. The van der Waals surface area contributed by atoms with E-state index in [1.54, 1.807) is 12.5 Å². The maximum absolute atomic E-state index is 4.09. The lowest BCUT2D eigenvalue weighted by molar-refractivity contribution is 1.34. The highest BCUT2D eigenvalue weighted by Crippen LogP contribution is 2.19. The molecule has 1 aromatic carbocycles. The van der Waals surface area contributed by atoms with Crippen molar-refractivity contribution in [2.45, 2.75) is 0 Å². The third kappa shape index (κ3) is 1.41. The number of halogens is 1. The van der Waals surface area contributed by atoms with Crippen molar-refractivity contribution in [3.63, 3.8) is 0 Å². The number of hydrogen-bond donors (Lipinski definition) is 0. The van der Waals surface area contributed by atoms with Gasteiger partial charge in [0.15, 0.2) is 0 Å². The van der Waals surface area contributed by atoms with Crippen molar-refractivity contribution in [2.75, 3.05) is 0 Å². The molecule has 0 amide bonds. The summed E-state index contributed by atoms with van der Waals surface area (Å²) >= 11 is 3.37. The van der Waals surface area contributed by atoms with Gasteiger partial charge in [0, 0.05) is 10.0 Å². The van der Waals surface area contributed by atoms with Crippen LogP contribution in [0.25, 0.3) is 5.70 Å². The lowest BCUT2D eigenvalue weighted by Gasteiger charge is -1.96. The fraction of sp³-hybridized carbons (Fsp3) is 0. The Labute approximate surface area is 79.1 Å². The standard InChI is InChI=1S/C9H6BrN2/c10-8-3-1-7(2-4-8)9-5-11-6-12-9/h1-6H. The second-order valence-corrected chi connectivity index (χ2v) is 3.33. The van der Waals surface area contributed by atoms with E-state index in [0.717, 1.165) is 15.7 Å². The molecule has 0 aromatic heterocycles. The Morgan fingerprint density at radius 3 is 2.42 bits per heavy atom. The van der Waals surface area contributed by atoms with Crippen LogP contribution in [0.2, 0.25) is 0 Å². The number of benzene rings is 1. The van der Waals surface area contributed by atoms with E-state index in [2.05, 4.69) is 26.2 Å². The van der Waals surface area contributed by atoms with E-state index < -0.39 is 0 Å². The van der Waals surface area contributed by atoms with Gasteiger partial charge in [-0.3, -0.25) is 0 Å². The molecule has 0 fully saturated rings. The zero-order chi connectivity index (χ0) is 8.39. The Balaban J connectivity index is 2.35. The number of nitrogens with zero attached hydrogens (tertiary/aromatic N) is 2. The van der Waals surface area contributed by atoms with Gasteiger partial charge in [0.1, 0.15) is 6.34 Å². The summed E-state index contributed by atoms with van der Waals surface area (Å²) in [6.45, 7) is 0. The Morgan fingerprint density at radius 1 is 1.08 bits per heavy atom. The monoisotopic (exact) mass is 221 g/mol. The van der Waals surface area contributed by atoms with E-state index in [1.165, 1.54) is 0 Å². The van der Waals surface area contributed by atoms with Crippen LogP contribution in [0.3, 0.4) is 0 Å². The molecule has 1 radical (unpaired) electrons. The topological polar surface area (TPSA) is 26.5 Å². The number of rotatable bonds is 1. The molecule has 0 atom stereocenters. The fourth-order valence-electron chi connectivity index (χ4n) is 1.00. The normalized spacial score (nSPS) is 14.2. The fourth-order valence-corrected chi connectivity index (χ4v) is 1.27. The van der Waals surface area contributed by atoms with Crippen LogP contribution in [0.4, 0.5) is 0 Å². The second kappa shape index (κ2) is 3.11. The minimum atomic E-state index is 0.919. The molecule has 3 heteroatoms. The molecule has 1 heterocycles. The number of hydrogen-bond acceptors (Lipinski definition) is 1. The lowest BCUT2D eigenvalue weighted by Crippen LogP contribution is -1.81. The highest BCUT2D eigenvalue weighted by molar-refractivity contribution is 9.10. The summed E-state index contributed by atoms with van der Waals surface area (Å²) in [6, 6.07) is 8.00. The SMILES string of the molecule is Brc1ccc(C2=C[N]C=N2)cc1. The van der Waals surface area contributed by atoms with Crippen molar-refractivity contribution in [1.29, 1.82) is 0 Å². The van der Waals surface area contributed by atoms with Crippen LogP contribution in [0.5, 0.6) is 0 Å². The average molecular weight is 222 g/mol. The first kappa shape index (κ1) is 7.55. The van der Waals surface area contributed by atoms with E-state index in [4.69, 9.17) is 0 Å². The van der Waals surface area contributed by atoms with Gasteiger partial charge in [0.2, 0.25) is 0 Å². The summed E-state index contributed by atoms with van der Waals surface area (Å²) < 4.78 is 1.07. The van der Waals surface area contributed by atoms with Gasteiger partial charge in [-0.25, -0.2) is 10.3 Å². The van der Waals surface area contributed by atoms with E-state index in [0.29, 0.717) is 0 Å². The molecule has 12 heavy (non-hydrogen) atoms. The highest BCUT2D eigenvalue weighted by Gasteiger charge is 2.02. The first-order valence-corrected chi connectivity index (χ1v) is 4.34. The summed E-state index contributed by atoms with van der Waals surface area (Å²) in [5.41, 5.74) is 2.01. The van der Waals surface area contributed by atoms with Crippen LogP contribution in [-0.2, 0) is 0 Å². The van der Waals surface area contributed by atoms with Crippen LogP contribution < -0.4 is 5.32 Å². The van der Waals surface area contributed by atoms with Crippen LogP contribution in [-0.4, -0.2) is 6.34 Å². The smallest absolute Gasteiger partial charge is 0.116 e. The van der Waals surface area contributed by atoms with E-state index in [9.17, 15) is 0 Å². The minimum absolute atomic E-state index is 0.919. The quantitative estimate of drug-likeness (QED) is 0.697. The van der Waals surface area contributed by atoms with Crippen molar-refractivity contribution in [2.24, 2.45) is 4.99 Å². The predicted octanol–water partition coefficient (Wildman–Crippen LogP) is 2.39. The molecule has 1 aliphatic heterocycles. The zero-order valence-corrected chi connectivity index (χ0v) is 7.82. The summed E-state index contributed by atoms with van der Waals surface area (Å²) in [5, 5.41) is 3.90. The van der Waals surface area contributed by atoms with Crippen molar-refractivity contribution in [1.82, 2.24) is 5.32 Å². The zero-order valence-electron chi connectivity index (χ0n) is 6.24. The van der Waals surface area contributed by atoms with E-state index in [-0.39, 0.29) is 0 Å². The maximum atomic E-state index is 4.09. The van der Waals surface area contributed by atoms with Crippen molar-refractivity contribution >= 4 is 28.0 Å². The van der Waals surface area contributed by atoms with Gasteiger partial charge in [0.25, 0.3) is 0 Å². The van der Waals surface area contributed by atoms with Crippen molar-refractivity contribution in [3.8, 4) is 0 Å². The molecular weight excluding hydrogens is 216 g/mol. The molecule has 0 N–H and O–H groups in total. The van der Waals surface area contributed by atoms with Gasteiger partial charge in [0.05, 0.1) is 11.9 Å². The van der Waals surface area contributed by atoms with Gasteiger partial charge >= 0.3 is 0 Å². The Morgan fingerprint density at radius 2 is 1.83 bits per heavy atom. The van der Waals surface area contributed by atoms with Crippen LogP contribution in [0.15, 0.2) is 39.9 Å². The molecule has 0 bridgehead atoms. The molecule has 0 saturated heterocycles. The summed E-state index contributed by atoms with van der Waals surface area (Å²) in [4.78, 5) is 4.09. The molecule has 1 aromatic rings. The van der Waals surface area contributed by atoms with Gasteiger partial charge in [-0.05, 0) is 12.1 Å². The Kier molecular flexibility index (Phi) is 1.96. The van der Waals surface area contributed by atoms with E-state index >= 15 is 0 Å². The summed E-state index contributed by atoms with van der Waals surface area (Å²) in [7, 11) is 0. The highest BCUT2D eigenvalue weighted by atomic mass is 79.9. The first-order chi connectivity index (χ1) is 5.86. The van der Waals surface area contributed by atoms with Gasteiger partial charge in [-0.15, -0.1) is 0 Å². The average Bonchev–Trinajstić information content (AvgIpc) is 2.58. The lowest BCUT2D eigenvalue weighted by atomic mass is 10.2. The molecule has 59 valence electrons. The number of aliphatic imine (C=N–C) groups is 1. The third-order valence-electron chi connectivity index (χ3n) is 1.60. The largest absolute Gasteiger partial charge is 0.243 e. The van der Waals surface area contributed by atoms with E-state index in [1.807, 2.05) is 24.3 Å². The molecule has 0 saturated carbocycles. The molecule has 2 rings (SSSR count).